The highest BCUT2D eigenvalue weighted by molar-refractivity contribution is 7.90. The SMILES string of the molecule is CN1C(N)=NS(=O)(=O)c2ccccc21. The summed E-state index contributed by atoms with van der Waals surface area (Å²) in [7, 11) is -1.93. The zero-order valence-electron chi connectivity index (χ0n) is 7.51. The number of rotatable bonds is 0. The molecule has 0 unspecified atom stereocenters. The van der Waals surface area contributed by atoms with Crippen molar-refractivity contribution in [2.45, 2.75) is 4.90 Å². The highest BCUT2D eigenvalue weighted by atomic mass is 32.2. The fourth-order valence-electron chi connectivity index (χ4n) is 1.31. The average molecular weight is 211 g/mol. The Labute approximate surface area is 81.9 Å². The first-order valence-electron chi connectivity index (χ1n) is 3.95. The van der Waals surface area contributed by atoms with Gasteiger partial charge in [0.25, 0.3) is 10.0 Å². The molecule has 0 radical (unpaired) electrons. The topological polar surface area (TPSA) is 75.8 Å². The van der Waals surface area contributed by atoms with Crippen molar-refractivity contribution in [1.82, 2.24) is 0 Å². The summed E-state index contributed by atoms with van der Waals surface area (Å²) in [5, 5.41) is 0. The molecule has 74 valence electrons. The molecule has 1 heterocycles. The second-order valence-electron chi connectivity index (χ2n) is 2.95. The number of benzene rings is 1. The van der Waals surface area contributed by atoms with Gasteiger partial charge in [0.1, 0.15) is 4.90 Å². The van der Waals surface area contributed by atoms with Crippen molar-refractivity contribution in [1.29, 1.82) is 0 Å². The summed E-state index contributed by atoms with van der Waals surface area (Å²) in [5.41, 5.74) is 6.02. The minimum absolute atomic E-state index is 0.0105. The van der Waals surface area contributed by atoms with E-state index in [1.807, 2.05) is 0 Å². The lowest BCUT2D eigenvalue weighted by atomic mass is 10.3. The Hall–Kier alpha value is -1.56. The van der Waals surface area contributed by atoms with Crippen molar-refractivity contribution in [3.05, 3.63) is 24.3 Å². The standard InChI is InChI=1S/C8H9N3O2S/c1-11-6-4-2-3-5-7(6)14(12,13)10-8(11)9/h2-5H,1H3,(H2,9,10). The van der Waals surface area contributed by atoms with Crippen LogP contribution >= 0.6 is 0 Å². The van der Waals surface area contributed by atoms with Gasteiger partial charge in [-0.1, -0.05) is 12.1 Å². The summed E-state index contributed by atoms with van der Waals surface area (Å²) in [6, 6.07) is 6.61. The number of anilines is 1. The second kappa shape index (κ2) is 2.71. The molecule has 0 bridgehead atoms. The lowest BCUT2D eigenvalue weighted by molar-refractivity contribution is 0.597. The summed E-state index contributed by atoms with van der Waals surface area (Å²) < 4.78 is 26.5. The summed E-state index contributed by atoms with van der Waals surface area (Å²) in [6.07, 6.45) is 0. The highest BCUT2D eigenvalue weighted by Gasteiger charge is 2.26. The first kappa shape index (κ1) is 9.01. The Morgan fingerprint density at radius 3 is 2.71 bits per heavy atom. The molecule has 0 fully saturated rings. The number of para-hydroxylation sites is 1. The van der Waals surface area contributed by atoms with E-state index in [0.29, 0.717) is 5.69 Å². The quantitative estimate of drug-likeness (QED) is 0.662. The molecule has 0 saturated heterocycles. The predicted octanol–water partition coefficient (Wildman–Crippen LogP) is 0.140. The van der Waals surface area contributed by atoms with Crippen LogP contribution in [0.25, 0.3) is 0 Å². The van der Waals surface area contributed by atoms with E-state index in [1.165, 1.54) is 11.0 Å². The molecule has 0 aliphatic carbocycles. The van der Waals surface area contributed by atoms with Crippen LogP contribution in [0.4, 0.5) is 5.69 Å². The molecule has 1 aromatic carbocycles. The van der Waals surface area contributed by atoms with Crippen molar-refractivity contribution in [3.8, 4) is 0 Å². The van der Waals surface area contributed by atoms with E-state index >= 15 is 0 Å². The van der Waals surface area contributed by atoms with Crippen LogP contribution in [0.2, 0.25) is 0 Å². The molecule has 1 aromatic rings. The summed E-state index contributed by atoms with van der Waals surface area (Å²) in [6.45, 7) is 0. The van der Waals surface area contributed by atoms with Crippen molar-refractivity contribution < 1.29 is 8.42 Å². The molecule has 0 aromatic heterocycles. The lowest BCUT2D eigenvalue weighted by Crippen LogP contribution is -2.38. The molecule has 0 spiro atoms. The summed E-state index contributed by atoms with van der Waals surface area (Å²) >= 11 is 0. The van der Waals surface area contributed by atoms with E-state index in [1.54, 1.807) is 25.2 Å². The van der Waals surface area contributed by atoms with Gasteiger partial charge in [0, 0.05) is 7.05 Å². The first-order valence-corrected chi connectivity index (χ1v) is 5.39. The Bertz CT molecular complexity index is 507. The van der Waals surface area contributed by atoms with Crippen molar-refractivity contribution in [2.24, 2.45) is 10.1 Å². The molecule has 6 heteroatoms. The maximum absolute atomic E-state index is 11.5. The van der Waals surface area contributed by atoms with E-state index < -0.39 is 10.0 Å². The van der Waals surface area contributed by atoms with E-state index in [0.717, 1.165) is 0 Å². The maximum Gasteiger partial charge on any atom is 0.287 e. The number of sulfonamides is 1. The van der Waals surface area contributed by atoms with E-state index in [9.17, 15) is 8.42 Å². The van der Waals surface area contributed by atoms with Crippen LogP contribution in [-0.4, -0.2) is 21.4 Å². The zero-order chi connectivity index (χ0) is 10.3. The third-order valence-corrected chi connectivity index (χ3v) is 3.39. The molecule has 5 nitrogen and oxygen atoms in total. The average Bonchev–Trinajstić information content (AvgIpc) is 2.14. The van der Waals surface area contributed by atoms with Gasteiger partial charge in [0.15, 0.2) is 0 Å². The van der Waals surface area contributed by atoms with Crippen LogP contribution in [0, 0.1) is 0 Å². The van der Waals surface area contributed by atoms with E-state index in [4.69, 9.17) is 5.73 Å². The van der Waals surface area contributed by atoms with Crippen molar-refractivity contribution in [3.63, 3.8) is 0 Å². The highest BCUT2D eigenvalue weighted by Crippen LogP contribution is 2.28. The van der Waals surface area contributed by atoms with Crippen LogP contribution in [0.3, 0.4) is 0 Å². The van der Waals surface area contributed by atoms with Crippen LogP contribution < -0.4 is 10.6 Å². The van der Waals surface area contributed by atoms with Crippen LogP contribution in [-0.2, 0) is 10.0 Å². The molecule has 1 aliphatic heterocycles. The largest absolute Gasteiger partial charge is 0.369 e. The summed E-state index contributed by atoms with van der Waals surface area (Å²) in [4.78, 5) is 1.73. The molecule has 14 heavy (non-hydrogen) atoms. The second-order valence-corrected chi connectivity index (χ2v) is 4.52. The number of nitrogens with two attached hydrogens (primary N) is 1. The fourth-order valence-corrected chi connectivity index (χ4v) is 2.50. The molecular formula is C8H9N3O2S. The van der Waals surface area contributed by atoms with Gasteiger partial charge in [0.2, 0.25) is 5.96 Å². The zero-order valence-corrected chi connectivity index (χ0v) is 8.32. The molecule has 2 N–H and O–H groups in total. The van der Waals surface area contributed by atoms with E-state index in [2.05, 4.69) is 4.40 Å². The third kappa shape index (κ3) is 1.15. The third-order valence-electron chi connectivity index (χ3n) is 2.06. The van der Waals surface area contributed by atoms with Crippen LogP contribution in [0.1, 0.15) is 0 Å². The molecular weight excluding hydrogens is 202 g/mol. The van der Waals surface area contributed by atoms with Gasteiger partial charge in [0.05, 0.1) is 5.69 Å². The van der Waals surface area contributed by atoms with Crippen molar-refractivity contribution >= 4 is 21.7 Å². The molecule has 0 atom stereocenters. The Morgan fingerprint density at radius 2 is 2.00 bits per heavy atom. The number of fused-ring (bicyclic) bond motifs is 1. The van der Waals surface area contributed by atoms with Gasteiger partial charge in [-0.15, -0.1) is 4.40 Å². The van der Waals surface area contributed by atoms with E-state index in [-0.39, 0.29) is 10.9 Å². The summed E-state index contributed by atoms with van der Waals surface area (Å²) in [5.74, 6) is -0.0105. The Morgan fingerprint density at radius 1 is 1.36 bits per heavy atom. The number of hydrogen-bond donors (Lipinski definition) is 1. The maximum atomic E-state index is 11.5. The molecule has 0 amide bonds. The normalized spacial score (nSPS) is 18.6. The first-order chi connectivity index (χ1) is 6.52. The van der Waals surface area contributed by atoms with Crippen LogP contribution in [0.15, 0.2) is 33.6 Å². The monoisotopic (exact) mass is 211 g/mol. The Balaban J connectivity index is 2.77. The molecule has 2 rings (SSSR count). The minimum atomic E-state index is -3.60. The van der Waals surface area contributed by atoms with Gasteiger partial charge in [-0.2, -0.15) is 8.42 Å². The van der Waals surface area contributed by atoms with Gasteiger partial charge in [-0.25, -0.2) is 0 Å². The van der Waals surface area contributed by atoms with Gasteiger partial charge < -0.3 is 10.6 Å². The smallest absolute Gasteiger partial charge is 0.287 e. The lowest BCUT2D eigenvalue weighted by Gasteiger charge is -2.24. The van der Waals surface area contributed by atoms with Gasteiger partial charge in [-0.05, 0) is 12.1 Å². The minimum Gasteiger partial charge on any atom is -0.369 e. The molecule has 1 aliphatic rings. The predicted molar refractivity (Wildman–Crippen MR) is 53.7 cm³/mol. The Kier molecular flexibility index (Phi) is 1.75. The van der Waals surface area contributed by atoms with Gasteiger partial charge >= 0.3 is 0 Å². The number of nitrogens with zero attached hydrogens (tertiary/aromatic N) is 2. The van der Waals surface area contributed by atoms with Crippen LogP contribution in [0.5, 0.6) is 0 Å². The molecule has 0 saturated carbocycles. The number of guanidine groups is 1. The fraction of sp³-hybridized carbons (Fsp3) is 0.125. The van der Waals surface area contributed by atoms with Gasteiger partial charge in [-0.3, -0.25) is 0 Å². The van der Waals surface area contributed by atoms with Crippen molar-refractivity contribution in [2.75, 3.05) is 11.9 Å². The number of hydrogen-bond acceptors (Lipinski definition) is 4.